The second-order valence-electron chi connectivity index (χ2n) is 9.59. The standard InChI is InChI=1S/C31H34N2O6/c1-21(38-19-22-11-3-2-4-12-22)29(30(35)36)33-28(34)17-9-10-18-32-31(37)39-20-27-25-15-7-5-13-23(25)24-14-6-8-16-26(24)27/h2-8,11-16,21,27,29H,9-10,17-20H2,1H3,(H,32,37)(H,33,34)(H,35,36). The van der Waals surface area contributed by atoms with Crippen LogP contribution >= 0.6 is 0 Å². The number of ether oxygens (including phenoxy) is 2. The van der Waals surface area contributed by atoms with Gasteiger partial charge >= 0.3 is 12.1 Å². The minimum Gasteiger partial charge on any atom is -0.480 e. The minimum atomic E-state index is -1.15. The second-order valence-corrected chi connectivity index (χ2v) is 9.59. The summed E-state index contributed by atoms with van der Waals surface area (Å²) in [6.07, 6.45) is -0.0311. The molecule has 3 aromatic carbocycles. The summed E-state index contributed by atoms with van der Waals surface area (Å²) in [5, 5.41) is 14.8. The van der Waals surface area contributed by atoms with Gasteiger partial charge in [0.25, 0.3) is 0 Å². The molecule has 0 spiro atoms. The number of carbonyl (C=O) groups excluding carboxylic acids is 2. The van der Waals surface area contributed by atoms with E-state index in [9.17, 15) is 19.5 Å². The predicted molar refractivity (Wildman–Crippen MR) is 147 cm³/mol. The highest BCUT2D eigenvalue weighted by Gasteiger charge is 2.29. The normalized spacial score (nSPS) is 13.6. The molecule has 0 bridgehead atoms. The fourth-order valence-electron chi connectivity index (χ4n) is 4.77. The van der Waals surface area contributed by atoms with Gasteiger partial charge in [0.2, 0.25) is 5.91 Å². The largest absolute Gasteiger partial charge is 0.480 e. The molecule has 0 aliphatic heterocycles. The van der Waals surface area contributed by atoms with Crippen molar-refractivity contribution < 1.29 is 29.0 Å². The number of carbonyl (C=O) groups is 3. The van der Waals surface area contributed by atoms with E-state index in [1.807, 2.05) is 54.6 Å². The summed E-state index contributed by atoms with van der Waals surface area (Å²) in [5.74, 6) is -1.53. The van der Waals surface area contributed by atoms with Gasteiger partial charge in [-0.05, 0) is 47.6 Å². The number of carboxylic acids is 1. The highest BCUT2D eigenvalue weighted by atomic mass is 16.5. The summed E-state index contributed by atoms with van der Waals surface area (Å²) in [5.41, 5.74) is 5.56. The molecule has 0 heterocycles. The zero-order valence-electron chi connectivity index (χ0n) is 22.0. The topological polar surface area (TPSA) is 114 Å². The van der Waals surface area contributed by atoms with Gasteiger partial charge in [-0.2, -0.15) is 0 Å². The fraction of sp³-hybridized carbons (Fsp3) is 0.323. The number of benzene rings is 3. The first-order valence-corrected chi connectivity index (χ1v) is 13.2. The third-order valence-corrected chi connectivity index (χ3v) is 6.85. The molecule has 39 heavy (non-hydrogen) atoms. The third kappa shape index (κ3) is 7.45. The van der Waals surface area contributed by atoms with Gasteiger partial charge in [0.15, 0.2) is 6.04 Å². The number of carboxylic acid groups (broad SMARTS) is 1. The monoisotopic (exact) mass is 530 g/mol. The van der Waals surface area contributed by atoms with E-state index < -0.39 is 24.2 Å². The Balaban J connectivity index is 1.14. The van der Waals surface area contributed by atoms with Crippen molar-refractivity contribution in [3.8, 4) is 11.1 Å². The van der Waals surface area contributed by atoms with E-state index in [-0.39, 0.29) is 31.5 Å². The van der Waals surface area contributed by atoms with E-state index in [0.29, 0.717) is 19.4 Å². The lowest BCUT2D eigenvalue weighted by Crippen LogP contribution is -2.48. The van der Waals surface area contributed by atoms with Crippen molar-refractivity contribution in [1.82, 2.24) is 10.6 Å². The zero-order chi connectivity index (χ0) is 27.6. The van der Waals surface area contributed by atoms with E-state index in [1.54, 1.807) is 6.92 Å². The van der Waals surface area contributed by atoms with Crippen molar-refractivity contribution in [2.24, 2.45) is 0 Å². The predicted octanol–water partition coefficient (Wildman–Crippen LogP) is 4.87. The van der Waals surface area contributed by atoms with Crippen molar-refractivity contribution in [2.45, 2.75) is 50.9 Å². The van der Waals surface area contributed by atoms with Crippen LogP contribution in [-0.2, 0) is 25.7 Å². The van der Waals surface area contributed by atoms with E-state index in [1.165, 1.54) is 11.1 Å². The first kappa shape index (κ1) is 27.9. The van der Waals surface area contributed by atoms with Crippen LogP contribution < -0.4 is 10.6 Å². The van der Waals surface area contributed by atoms with Gasteiger partial charge < -0.3 is 25.2 Å². The second kappa shape index (κ2) is 13.6. The number of unbranched alkanes of at least 4 members (excludes halogenated alkanes) is 1. The Morgan fingerprint density at radius 2 is 1.49 bits per heavy atom. The molecule has 0 radical (unpaired) electrons. The van der Waals surface area contributed by atoms with Crippen LogP contribution in [0.3, 0.4) is 0 Å². The maximum atomic E-state index is 12.3. The molecule has 0 saturated carbocycles. The summed E-state index contributed by atoms with van der Waals surface area (Å²) in [7, 11) is 0. The molecule has 2 unspecified atom stereocenters. The summed E-state index contributed by atoms with van der Waals surface area (Å²) in [6, 6.07) is 24.6. The number of nitrogens with one attached hydrogen (secondary N) is 2. The van der Waals surface area contributed by atoms with E-state index in [4.69, 9.17) is 9.47 Å². The van der Waals surface area contributed by atoms with Crippen LogP contribution in [0.25, 0.3) is 11.1 Å². The van der Waals surface area contributed by atoms with Gasteiger partial charge in [-0.15, -0.1) is 0 Å². The average molecular weight is 531 g/mol. The van der Waals surface area contributed by atoms with Gasteiger partial charge in [-0.25, -0.2) is 9.59 Å². The number of hydrogen-bond acceptors (Lipinski definition) is 5. The number of hydrogen-bond donors (Lipinski definition) is 3. The molecule has 8 heteroatoms. The van der Waals surface area contributed by atoms with Crippen LogP contribution in [0, 0.1) is 0 Å². The molecule has 0 aromatic heterocycles. The average Bonchev–Trinajstić information content (AvgIpc) is 3.27. The third-order valence-electron chi connectivity index (χ3n) is 6.85. The van der Waals surface area contributed by atoms with Crippen molar-refractivity contribution in [3.63, 3.8) is 0 Å². The van der Waals surface area contributed by atoms with Crippen LogP contribution in [0.5, 0.6) is 0 Å². The first-order valence-electron chi connectivity index (χ1n) is 13.2. The minimum absolute atomic E-state index is 0.00640. The highest BCUT2D eigenvalue weighted by Crippen LogP contribution is 2.44. The molecule has 2 atom stereocenters. The molecule has 1 aliphatic carbocycles. The Morgan fingerprint density at radius 3 is 2.13 bits per heavy atom. The Bertz CT molecular complexity index is 1230. The Kier molecular flexibility index (Phi) is 9.69. The smallest absolute Gasteiger partial charge is 0.407 e. The number of rotatable bonds is 13. The van der Waals surface area contributed by atoms with Crippen molar-refractivity contribution >= 4 is 18.0 Å². The number of amides is 2. The molecule has 3 N–H and O–H groups in total. The zero-order valence-corrected chi connectivity index (χ0v) is 22.0. The van der Waals surface area contributed by atoms with E-state index in [2.05, 4.69) is 34.9 Å². The lowest BCUT2D eigenvalue weighted by atomic mass is 9.98. The maximum Gasteiger partial charge on any atom is 0.407 e. The molecule has 2 amide bonds. The summed E-state index contributed by atoms with van der Waals surface area (Å²) < 4.78 is 11.2. The molecule has 8 nitrogen and oxygen atoms in total. The Labute approximate surface area is 228 Å². The first-order chi connectivity index (χ1) is 18.9. The van der Waals surface area contributed by atoms with E-state index in [0.717, 1.165) is 16.7 Å². The maximum absolute atomic E-state index is 12.3. The molecular formula is C31H34N2O6. The molecule has 4 rings (SSSR count). The summed E-state index contributed by atoms with van der Waals surface area (Å²) >= 11 is 0. The van der Waals surface area contributed by atoms with Crippen LogP contribution in [-0.4, -0.2) is 48.4 Å². The summed E-state index contributed by atoms with van der Waals surface area (Å²) in [6.45, 7) is 2.47. The molecule has 204 valence electrons. The van der Waals surface area contributed by atoms with Crippen LogP contribution in [0.4, 0.5) is 4.79 Å². The Morgan fingerprint density at radius 1 is 0.872 bits per heavy atom. The van der Waals surface area contributed by atoms with Crippen LogP contribution in [0.15, 0.2) is 78.9 Å². The van der Waals surface area contributed by atoms with Gasteiger partial charge in [0.05, 0.1) is 12.7 Å². The van der Waals surface area contributed by atoms with Gasteiger partial charge in [-0.1, -0.05) is 78.9 Å². The van der Waals surface area contributed by atoms with Gasteiger partial charge in [0, 0.05) is 18.9 Å². The molecule has 3 aromatic rings. The van der Waals surface area contributed by atoms with Crippen LogP contribution in [0.2, 0.25) is 0 Å². The fourth-order valence-corrected chi connectivity index (χ4v) is 4.77. The van der Waals surface area contributed by atoms with E-state index >= 15 is 0 Å². The van der Waals surface area contributed by atoms with Crippen molar-refractivity contribution in [3.05, 3.63) is 95.6 Å². The van der Waals surface area contributed by atoms with Crippen molar-refractivity contribution in [1.29, 1.82) is 0 Å². The van der Waals surface area contributed by atoms with Crippen LogP contribution in [0.1, 0.15) is 48.8 Å². The quantitative estimate of drug-likeness (QED) is 0.272. The summed E-state index contributed by atoms with van der Waals surface area (Å²) in [4.78, 5) is 36.3. The number of fused-ring (bicyclic) bond motifs is 3. The lowest BCUT2D eigenvalue weighted by Gasteiger charge is -2.22. The molecular weight excluding hydrogens is 496 g/mol. The number of aliphatic carboxylic acids is 1. The SMILES string of the molecule is CC(OCc1ccccc1)C(NC(=O)CCCCNC(=O)OCC1c2ccccc2-c2ccccc21)C(=O)O. The Hall–Kier alpha value is -4.17. The number of alkyl carbamates (subject to hydrolysis) is 1. The molecule has 1 aliphatic rings. The highest BCUT2D eigenvalue weighted by molar-refractivity contribution is 5.84. The van der Waals surface area contributed by atoms with Crippen molar-refractivity contribution in [2.75, 3.05) is 13.2 Å². The molecule has 0 saturated heterocycles. The van der Waals surface area contributed by atoms with Gasteiger partial charge in [-0.3, -0.25) is 4.79 Å². The molecule has 0 fully saturated rings. The van der Waals surface area contributed by atoms with Gasteiger partial charge in [0.1, 0.15) is 6.61 Å². The lowest BCUT2D eigenvalue weighted by molar-refractivity contribution is -0.146.